The normalized spacial score (nSPS) is 11.6. The zero-order valence-corrected chi connectivity index (χ0v) is 10.6. The van der Waals surface area contributed by atoms with Gasteiger partial charge in [-0.3, -0.25) is 4.98 Å². The molecule has 1 heterocycles. The van der Waals surface area contributed by atoms with Gasteiger partial charge in [-0.2, -0.15) is 11.8 Å². The first-order valence-electron chi connectivity index (χ1n) is 4.19. The van der Waals surface area contributed by atoms with Crippen LogP contribution in [0.2, 0.25) is 5.15 Å². The molecule has 84 valence electrons. The van der Waals surface area contributed by atoms with Crippen LogP contribution in [0.15, 0.2) is 12.4 Å². The van der Waals surface area contributed by atoms with Crippen LogP contribution in [0.4, 0.5) is 0 Å². The monoisotopic (exact) mass is 266 g/mol. The van der Waals surface area contributed by atoms with Gasteiger partial charge in [-0.25, -0.2) is 13.4 Å². The van der Waals surface area contributed by atoms with Gasteiger partial charge in [-0.05, 0) is 0 Å². The molecule has 0 amide bonds. The van der Waals surface area contributed by atoms with E-state index >= 15 is 0 Å². The summed E-state index contributed by atoms with van der Waals surface area (Å²) in [6.07, 6.45) is 4.31. The quantitative estimate of drug-likeness (QED) is 0.754. The summed E-state index contributed by atoms with van der Waals surface area (Å²) in [5.74, 6) is 1.42. The first-order chi connectivity index (χ1) is 6.97. The van der Waals surface area contributed by atoms with E-state index in [0.29, 0.717) is 16.7 Å². The summed E-state index contributed by atoms with van der Waals surface area (Å²) in [5.41, 5.74) is 0.804. The van der Waals surface area contributed by atoms with Gasteiger partial charge in [0.05, 0.1) is 23.8 Å². The first-order valence-corrected chi connectivity index (χ1v) is 7.78. The Kier molecular flexibility index (Phi) is 4.82. The van der Waals surface area contributed by atoms with Crippen LogP contribution >= 0.6 is 23.4 Å². The molecular formula is C8H11ClN2O2S2. The fourth-order valence-corrected chi connectivity index (χ4v) is 3.08. The van der Waals surface area contributed by atoms with Crippen molar-refractivity contribution < 1.29 is 8.42 Å². The van der Waals surface area contributed by atoms with E-state index in [9.17, 15) is 8.42 Å². The molecule has 0 aliphatic carbocycles. The van der Waals surface area contributed by atoms with Crippen LogP contribution in [0.3, 0.4) is 0 Å². The molecule has 0 fully saturated rings. The molecule has 0 saturated carbocycles. The van der Waals surface area contributed by atoms with Crippen molar-refractivity contribution in [3.63, 3.8) is 0 Å². The Morgan fingerprint density at radius 2 is 2.13 bits per heavy atom. The number of hydrogen-bond donors (Lipinski definition) is 0. The van der Waals surface area contributed by atoms with Crippen molar-refractivity contribution in [2.24, 2.45) is 0 Å². The lowest BCUT2D eigenvalue weighted by Crippen LogP contribution is -2.05. The summed E-state index contributed by atoms with van der Waals surface area (Å²) in [7, 11) is -2.86. The number of rotatable bonds is 5. The van der Waals surface area contributed by atoms with Gasteiger partial charge in [0.15, 0.2) is 0 Å². The van der Waals surface area contributed by atoms with Crippen LogP contribution in [-0.2, 0) is 15.6 Å². The Morgan fingerprint density at radius 1 is 1.40 bits per heavy atom. The summed E-state index contributed by atoms with van der Waals surface area (Å²) >= 11 is 7.09. The van der Waals surface area contributed by atoms with Gasteiger partial charge in [-0.15, -0.1) is 0 Å². The van der Waals surface area contributed by atoms with E-state index in [2.05, 4.69) is 9.97 Å². The largest absolute Gasteiger partial charge is 0.256 e. The van der Waals surface area contributed by atoms with Gasteiger partial charge in [0.2, 0.25) is 0 Å². The summed E-state index contributed by atoms with van der Waals surface area (Å²) in [5, 5.41) is 0.361. The fraction of sp³-hybridized carbons (Fsp3) is 0.500. The van der Waals surface area contributed by atoms with Crippen molar-refractivity contribution in [2.45, 2.75) is 5.75 Å². The highest BCUT2D eigenvalue weighted by molar-refractivity contribution is 7.99. The maximum atomic E-state index is 10.8. The van der Waals surface area contributed by atoms with Gasteiger partial charge in [0.25, 0.3) is 0 Å². The molecule has 0 bridgehead atoms. The van der Waals surface area contributed by atoms with E-state index in [1.807, 2.05) is 0 Å². The molecule has 15 heavy (non-hydrogen) atoms. The summed E-state index contributed by atoms with van der Waals surface area (Å²) in [6, 6.07) is 0. The molecule has 0 aliphatic rings. The average molecular weight is 267 g/mol. The van der Waals surface area contributed by atoms with E-state index in [-0.39, 0.29) is 5.75 Å². The predicted molar refractivity (Wildman–Crippen MR) is 62.9 cm³/mol. The van der Waals surface area contributed by atoms with Gasteiger partial charge in [0, 0.05) is 17.8 Å². The molecule has 4 nitrogen and oxygen atoms in total. The summed E-state index contributed by atoms with van der Waals surface area (Å²) in [6.45, 7) is 0. The van der Waals surface area contributed by atoms with Gasteiger partial charge in [-0.1, -0.05) is 11.6 Å². The molecule has 0 N–H and O–H groups in total. The number of nitrogens with zero attached hydrogens (tertiary/aromatic N) is 2. The Balaban J connectivity index is 2.29. The minimum atomic E-state index is -2.86. The molecule has 0 saturated heterocycles. The van der Waals surface area contributed by atoms with Crippen molar-refractivity contribution in [1.29, 1.82) is 0 Å². The fourth-order valence-electron chi connectivity index (χ4n) is 0.801. The smallest absolute Gasteiger partial charge is 0.148 e. The standard InChI is InChI=1S/C8H11ClN2O2S2/c1-15(12,13)3-2-14-6-7-4-11-8(9)5-10-7/h4-5H,2-3,6H2,1H3. The third-order valence-electron chi connectivity index (χ3n) is 1.52. The Morgan fingerprint density at radius 3 is 2.67 bits per heavy atom. The first kappa shape index (κ1) is 12.7. The molecule has 7 heteroatoms. The lowest BCUT2D eigenvalue weighted by Gasteiger charge is -2.00. The SMILES string of the molecule is CS(=O)(=O)CCSCc1cnc(Cl)cn1. The van der Waals surface area contributed by atoms with Crippen LogP contribution in [-0.4, -0.2) is 36.1 Å². The molecule has 0 unspecified atom stereocenters. The second-order valence-electron chi connectivity index (χ2n) is 3.01. The van der Waals surface area contributed by atoms with Crippen molar-refractivity contribution in [3.05, 3.63) is 23.2 Å². The van der Waals surface area contributed by atoms with E-state index in [1.165, 1.54) is 24.2 Å². The number of thioether (sulfide) groups is 1. The Hall–Kier alpha value is -0.330. The molecular weight excluding hydrogens is 256 g/mol. The Labute approximate surface area is 98.4 Å². The molecule has 1 rings (SSSR count). The Bertz CT molecular complexity index is 405. The van der Waals surface area contributed by atoms with Crippen molar-refractivity contribution in [3.8, 4) is 0 Å². The minimum absolute atomic E-state index is 0.193. The molecule has 0 spiro atoms. The average Bonchev–Trinajstić information content (AvgIpc) is 2.14. The maximum Gasteiger partial charge on any atom is 0.148 e. The van der Waals surface area contributed by atoms with Crippen LogP contribution in [0.25, 0.3) is 0 Å². The van der Waals surface area contributed by atoms with Crippen LogP contribution in [0.5, 0.6) is 0 Å². The van der Waals surface area contributed by atoms with Gasteiger partial charge in [0.1, 0.15) is 15.0 Å². The highest BCUT2D eigenvalue weighted by atomic mass is 35.5. The third-order valence-corrected chi connectivity index (χ3v) is 3.91. The second kappa shape index (κ2) is 5.67. The number of aromatic nitrogens is 2. The van der Waals surface area contributed by atoms with Crippen molar-refractivity contribution >= 4 is 33.2 Å². The molecule has 1 aromatic heterocycles. The van der Waals surface area contributed by atoms with Crippen LogP contribution < -0.4 is 0 Å². The third kappa shape index (κ3) is 5.96. The zero-order chi connectivity index (χ0) is 11.3. The lowest BCUT2D eigenvalue weighted by molar-refractivity contribution is 0.603. The number of hydrogen-bond acceptors (Lipinski definition) is 5. The molecule has 0 aromatic carbocycles. The topological polar surface area (TPSA) is 59.9 Å². The molecule has 1 aromatic rings. The van der Waals surface area contributed by atoms with E-state index in [1.54, 1.807) is 6.20 Å². The summed E-state index contributed by atoms with van der Waals surface area (Å²) in [4.78, 5) is 7.93. The van der Waals surface area contributed by atoms with Crippen molar-refractivity contribution in [2.75, 3.05) is 17.8 Å². The maximum absolute atomic E-state index is 10.8. The molecule has 0 radical (unpaired) electrons. The predicted octanol–water partition coefficient (Wildman–Crippen LogP) is 1.41. The number of sulfone groups is 1. The lowest BCUT2D eigenvalue weighted by atomic mass is 10.5. The highest BCUT2D eigenvalue weighted by Gasteiger charge is 2.02. The van der Waals surface area contributed by atoms with Crippen LogP contribution in [0.1, 0.15) is 5.69 Å². The van der Waals surface area contributed by atoms with Gasteiger partial charge >= 0.3 is 0 Å². The van der Waals surface area contributed by atoms with E-state index in [0.717, 1.165) is 5.69 Å². The second-order valence-corrected chi connectivity index (χ2v) is 6.77. The highest BCUT2D eigenvalue weighted by Crippen LogP contribution is 2.10. The van der Waals surface area contributed by atoms with Crippen LogP contribution in [0, 0.1) is 0 Å². The molecule has 0 atom stereocenters. The van der Waals surface area contributed by atoms with Crippen molar-refractivity contribution in [1.82, 2.24) is 9.97 Å². The molecule has 0 aliphatic heterocycles. The van der Waals surface area contributed by atoms with E-state index < -0.39 is 9.84 Å². The number of halogens is 1. The minimum Gasteiger partial charge on any atom is -0.256 e. The summed E-state index contributed by atoms with van der Waals surface area (Å²) < 4.78 is 21.7. The van der Waals surface area contributed by atoms with Gasteiger partial charge < -0.3 is 0 Å². The van der Waals surface area contributed by atoms with E-state index in [4.69, 9.17) is 11.6 Å². The zero-order valence-electron chi connectivity index (χ0n) is 8.18.